The van der Waals surface area contributed by atoms with Gasteiger partial charge in [0.1, 0.15) is 5.82 Å². The molecule has 156 valence electrons. The van der Waals surface area contributed by atoms with Gasteiger partial charge >= 0.3 is 0 Å². The first kappa shape index (κ1) is 19.2. The second-order valence-electron chi connectivity index (χ2n) is 8.58. The summed E-state index contributed by atoms with van der Waals surface area (Å²) in [6, 6.07) is 17.3. The Morgan fingerprint density at radius 2 is 1.30 bits per heavy atom. The van der Waals surface area contributed by atoms with E-state index >= 15 is 0 Å². The number of aromatic nitrogens is 2. The topological polar surface area (TPSA) is 35.5 Å². The molecule has 5 nitrogen and oxygen atoms in total. The van der Waals surface area contributed by atoms with E-state index < -0.39 is 0 Å². The molecule has 2 aromatic carbocycles. The maximum absolute atomic E-state index is 5.12. The number of hydrogen-bond acceptors (Lipinski definition) is 5. The Morgan fingerprint density at radius 1 is 0.633 bits per heavy atom. The first-order valence-corrected chi connectivity index (χ1v) is 11.4. The van der Waals surface area contributed by atoms with Crippen LogP contribution < -0.4 is 14.7 Å². The number of rotatable bonds is 3. The Bertz CT molecular complexity index is 984. The van der Waals surface area contributed by atoms with Crippen LogP contribution in [-0.2, 0) is 0 Å². The summed E-state index contributed by atoms with van der Waals surface area (Å²) >= 11 is 0. The summed E-state index contributed by atoms with van der Waals surface area (Å²) < 4.78 is 0. The van der Waals surface area contributed by atoms with Gasteiger partial charge in [0.2, 0.25) is 5.95 Å². The van der Waals surface area contributed by atoms with E-state index in [1.165, 1.54) is 42.3 Å². The average molecular weight is 402 g/mol. The van der Waals surface area contributed by atoms with Crippen molar-refractivity contribution in [3.63, 3.8) is 0 Å². The van der Waals surface area contributed by atoms with Gasteiger partial charge in [-0.25, -0.2) is 4.98 Å². The molecular weight excluding hydrogens is 370 g/mol. The molecule has 0 N–H and O–H groups in total. The van der Waals surface area contributed by atoms with Gasteiger partial charge < -0.3 is 14.7 Å². The van der Waals surface area contributed by atoms with Gasteiger partial charge in [-0.2, -0.15) is 4.98 Å². The molecule has 1 aromatic heterocycles. The molecule has 0 unspecified atom stereocenters. The molecule has 2 saturated heterocycles. The first-order valence-electron chi connectivity index (χ1n) is 11.4. The molecule has 0 amide bonds. The molecule has 2 fully saturated rings. The molecule has 0 saturated carbocycles. The minimum absolute atomic E-state index is 0.886. The lowest BCUT2D eigenvalue weighted by Crippen LogP contribution is -2.47. The maximum Gasteiger partial charge on any atom is 0.228 e. The van der Waals surface area contributed by atoms with E-state index in [4.69, 9.17) is 9.97 Å². The van der Waals surface area contributed by atoms with Crippen LogP contribution in [0.25, 0.3) is 10.9 Å². The summed E-state index contributed by atoms with van der Waals surface area (Å²) in [5.41, 5.74) is 3.68. The van der Waals surface area contributed by atoms with Gasteiger partial charge in [0.25, 0.3) is 0 Å². The zero-order valence-electron chi connectivity index (χ0n) is 17.9. The number of fused-ring (bicyclic) bond motifs is 1. The van der Waals surface area contributed by atoms with Crippen molar-refractivity contribution in [3.05, 3.63) is 54.1 Å². The smallest absolute Gasteiger partial charge is 0.228 e. The summed E-state index contributed by atoms with van der Waals surface area (Å²) in [5, 5.41) is 1.18. The maximum atomic E-state index is 5.12. The van der Waals surface area contributed by atoms with Crippen LogP contribution >= 0.6 is 0 Å². The fourth-order valence-electron chi connectivity index (χ4n) is 4.63. The van der Waals surface area contributed by atoms with Gasteiger partial charge in [0.15, 0.2) is 0 Å². The molecule has 0 spiro atoms. The average Bonchev–Trinajstić information content (AvgIpc) is 3.09. The minimum atomic E-state index is 0.886. The summed E-state index contributed by atoms with van der Waals surface area (Å²) in [7, 11) is 0. The highest BCUT2D eigenvalue weighted by molar-refractivity contribution is 5.90. The van der Waals surface area contributed by atoms with Crippen molar-refractivity contribution >= 4 is 28.4 Å². The number of benzene rings is 2. The van der Waals surface area contributed by atoms with Crippen LogP contribution in [0.15, 0.2) is 48.5 Å². The van der Waals surface area contributed by atoms with Gasteiger partial charge in [0, 0.05) is 50.3 Å². The minimum Gasteiger partial charge on any atom is -0.368 e. The van der Waals surface area contributed by atoms with Crippen LogP contribution in [0.3, 0.4) is 0 Å². The zero-order chi connectivity index (χ0) is 20.3. The number of para-hydroxylation sites is 1. The lowest BCUT2D eigenvalue weighted by atomic mass is 10.2. The number of anilines is 3. The van der Waals surface area contributed by atoms with E-state index in [2.05, 4.69) is 70.2 Å². The lowest BCUT2D eigenvalue weighted by Gasteiger charge is -2.36. The van der Waals surface area contributed by atoms with Crippen molar-refractivity contribution in [1.82, 2.24) is 9.97 Å². The van der Waals surface area contributed by atoms with Crippen LogP contribution in [0.1, 0.15) is 31.2 Å². The summed E-state index contributed by atoms with van der Waals surface area (Å²) in [6.45, 7) is 8.23. The summed E-state index contributed by atoms with van der Waals surface area (Å²) in [6.07, 6.45) is 5.16. The molecule has 5 heteroatoms. The Hall–Kier alpha value is -2.82. The van der Waals surface area contributed by atoms with Gasteiger partial charge in [0.05, 0.1) is 5.52 Å². The van der Waals surface area contributed by atoms with E-state index in [1.54, 1.807) is 0 Å². The number of piperazine rings is 1. The van der Waals surface area contributed by atoms with E-state index in [0.717, 1.165) is 56.6 Å². The van der Waals surface area contributed by atoms with Gasteiger partial charge in [-0.05, 0) is 44.0 Å². The van der Waals surface area contributed by atoms with Crippen molar-refractivity contribution in [2.24, 2.45) is 0 Å². The molecule has 3 aromatic rings. The molecule has 3 heterocycles. The largest absolute Gasteiger partial charge is 0.368 e. The second-order valence-corrected chi connectivity index (χ2v) is 8.58. The highest BCUT2D eigenvalue weighted by Gasteiger charge is 2.22. The molecular formula is C25H31N5. The molecule has 5 rings (SSSR count). The van der Waals surface area contributed by atoms with Crippen LogP contribution in [0, 0.1) is 6.92 Å². The van der Waals surface area contributed by atoms with Crippen LogP contribution in [0.4, 0.5) is 17.5 Å². The number of hydrogen-bond donors (Lipinski definition) is 0. The van der Waals surface area contributed by atoms with Crippen molar-refractivity contribution < 1.29 is 0 Å². The van der Waals surface area contributed by atoms with Crippen LogP contribution in [0.5, 0.6) is 0 Å². The monoisotopic (exact) mass is 401 g/mol. The second kappa shape index (κ2) is 8.50. The quantitative estimate of drug-likeness (QED) is 0.639. The van der Waals surface area contributed by atoms with Crippen molar-refractivity contribution in [2.75, 3.05) is 54.0 Å². The normalized spacial score (nSPS) is 18.0. The van der Waals surface area contributed by atoms with Crippen molar-refractivity contribution in [3.8, 4) is 0 Å². The number of nitrogens with zero attached hydrogens (tertiary/aromatic N) is 5. The fourth-order valence-corrected chi connectivity index (χ4v) is 4.63. The Morgan fingerprint density at radius 3 is 2.03 bits per heavy atom. The first-order chi connectivity index (χ1) is 14.8. The molecule has 0 atom stereocenters. The van der Waals surface area contributed by atoms with E-state index in [1.807, 2.05) is 0 Å². The van der Waals surface area contributed by atoms with E-state index in [-0.39, 0.29) is 0 Å². The van der Waals surface area contributed by atoms with Gasteiger partial charge in [-0.15, -0.1) is 0 Å². The third kappa shape index (κ3) is 3.93. The van der Waals surface area contributed by atoms with Crippen LogP contribution in [0.2, 0.25) is 0 Å². The zero-order valence-corrected chi connectivity index (χ0v) is 17.9. The molecule has 0 aliphatic carbocycles. The molecule has 2 aliphatic rings. The SMILES string of the molecule is Cc1ccc(N2CCN(c3nc(N4CCCCCC4)c4ccccc4n3)CC2)cc1. The molecule has 2 aliphatic heterocycles. The van der Waals surface area contributed by atoms with Crippen molar-refractivity contribution in [2.45, 2.75) is 32.6 Å². The fraction of sp³-hybridized carbons (Fsp3) is 0.440. The highest BCUT2D eigenvalue weighted by atomic mass is 15.3. The van der Waals surface area contributed by atoms with Gasteiger partial charge in [-0.3, -0.25) is 0 Å². The standard InChI is InChI=1S/C25H31N5/c1-20-10-12-21(13-11-20)28-16-18-30(19-17-28)25-26-23-9-5-4-8-22(23)24(27-25)29-14-6-2-3-7-15-29/h4-5,8-13H,2-3,6-7,14-19H2,1H3. The molecule has 0 bridgehead atoms. The van der Waals surface area contributed by atoms with E-state index in [9.17, 15) is 0 Å². The summed E-state index contributed by atoms with van der Waals surface area (Å²) in [4.78, 5) is 17.4. The Balaban J connectivity index is 1.40. The van der Waals surface area contributed by atoms with Crippen molar-refractivity contribution in [1.29, 1.82) is 0 Å². The molecule has 30 heavy (non-hydrogen) atoms. The highest BCUT2D eigenvalue weighted by Crippen LogP contribution is 2.29. The Labute approximate surface area is 179 Å². The predicted molar refractivity (Wildman–Crippen MR) is 126 cm³/mol. The summed E-state index contributed by atoms with van der Waals surface area (Å²) in [5.74, 6) is 2.01. The third-order valence-electron chi connectivity index (χ3n) is 6.44. The lowest BCUT2D eigenvalue weighted by molar-refractivity contribution is 0.640. The van der Waals surface area contributed by atoms with Gasteiger partial charge in [-0.1, -0.05) is 42.7 Å². The Kier molecular flexibility index (Phi) is 5.43. The molecule has 0 radical (unpaired) electrons. The van der Waals surface area contributed by atoms with E-state index in [0.29, 0.717) is 0 Å². The third-order valence-corrected chi connectivity index (χ3v) is 6.44. The number of aryl methyl sites for hydroxylation is 1. The van der Waals surface area contributed by atoms with Crippen LogP contribution in [-0.4, -0.2) is 49.2 Å². The predicted octanol–water partition coefficient (Wildman–Crippen LogP) is 4.65.